The first-order valence-electron chi connectivity index (χ1n) is 10.5. The van der Waals surface area contributed by atoms with Gasteiger partial charge in [-0.05, 0) is 70.6 Å². The van der Waals surface area contributed by atoms with Gasteiger partial charge < -0.3 is 20.1 Å². The third kappa shape index (κ3) is 10.4. The monoisotopic (exact) mass is 440 g/mol. The van der Waals surface area contributed by atoms with E-state index >= 15 is 0 Å². The number of nitrogens with zero attached hydrogens (tertiary/aromatic N) is 1. The second-order valence-electron chi connectivity index (χ2n) is 7.46. The van der Waals surface area contributed by atoms with Gasteiger partial charge in [0.05, 0.1) is 5.60 Å². The molecule has 3 rings (SSSR count). The Morgan fingerprint density at radius 3 is 2.16 bits per heavy atom. The van der Waals surface area contributed by atoms with E-state index in [2.05, 4.69) is 23.8 Å². The zero-order valence-corrected chi connectivity index (χ0v) is 20.0. The van der Waals surface area contributed by atoms with E-state index in [-0.39, 0.29) is 0 Å². The summed E-state index contributed by atoms with van der Waals surface area (Å²) >= 11 is 4.95. The Hall–Kier alpha value is -2.47. The maximum absolute atomic E-state index is 10.4. The molecule has 0 spiro atoms. The summed E-state index contributed by atoms with van der Waals surface area (Å²) in [5, 5.41) is 13.6. The van der Waals surface area contributed by atoms with Crippen LogP contribution in [0.25, 0.3) is 0 Å². The van der Waals surface area contributed by atoms with Crippen molar-refractivity contribution >= 4 is 17.4 Å². The predicted molar refractivity (Wildman–Crippen MR) is 135 cm³/mol. The summed E-state index contributed by atoms with van der Waals surface area (Å²) in [5.41, 5.74) is 1.67. The highest BCUT2D eigenvalue weighted by Gasteiger charge is 2.32. The molecule has 1 fully saturated rings. The van der Waals surface area contributed by atoms with Gasteiger partial charge in [0.1, 0.15) is 5.75 Å². The minimum atomic E-state index is -0.590. The number of aryl methyl sites for hydroxylation is 1. The lowest BCUT2D eigenvalue weighted by molar-refractivity contribution is -0.0203. The number of rotatable bonds is 3. The molecule has 0 atom stereocenters. The van der Waals surface area contributed by atoms with Crippen molar-refractivity contribution in [1.82, 2.24) is 10.2 Å². The van der Waals surface area contributed by atoms with Crippen molar-refractivity contribution in [3.63, 3.8) is 0 Å². The maximum atomic E-state index is 10.4. The summed E-state index contributed by atoms with van der Waals surface area (Å²) in [6.07, 6.45) is 7.02. The highest BCUT2D eigenvalue weighted by Crippen LogP contribution is 2.31. The Bertz CT molecular complexity index is 796. The van der Waals surface area contributed by atoms with E-state index in [9.17, 15) is 5.11 Å². The maximum Gasteiger partial charge on any atom is 0.266 e. The molecule has 1 heterocycles. The molecule has 0 aliphatic carbocycles. The Morgan fingerprint density at radius 1 is 1.10 bits per heavy atom. The number of piperidine rings is 1. The van der Waals surface area contributed by atoms with Crippen LogP contribution >= 0.6 is 12.2 Å². The van der Waals surface area contributed by atoms with Crippen molar-refractivity contribution < 1.29 is 9.84 Å². The van der Waals surface area contributed by atoms with E-state index in [4.69, 9.17) is 17.0 Å². The van der Waals surface area contributed by atoms with Crippen molar-refractivity contribution in [3.8, 4) is 5.75 Å². The lowest BCUT2D eigenvalue weighted by atomic mass is 9.85. The summed E-state index contributed by atoms with van der Waals surface area (Å²) in [6, 6.07) is 17.7. The third-order valence-corrected chi connectivity index (χ3v) is 4.93. The average Bonchev–Trinajstić information content (AvgIpc) is 2.78. The van der Waals surface area contributed by atoms with Crippen LogP contribution in [0.4, 0.5) is 0 Å². The lowest BCUT2D eigenvalue weighted by Gasteiger charge is -2.36. The van der Waals surface area contributed by atoms with Crippen molar-refractivity contribution in [2.75, 3.05) is 20.1 Å². The Morgan fingerprint density at radius 2 is 1.65 bits per heavy atom. The molecule has 31 heavy (non-hydrogen) atoms. The summed E-state index contributed by atoms with van der Waals surface area (Å²) in [4.78, 5) is 2.26. The first kappa shape index (κ1) is 26.6. The molecule has 5 heteroatoms. The summed E-state index contributed by atoms with van der Waals surface area (Å²) in [5.74, 6) is 0.748. The topological polar surface area (TPSA) is 44.7 Å². The van der Waals surface area contributed by atoms with Crippen LogP contribution in [0, 0.1) is 6.92 Å². The van der Waals surface area contributed by atoms with Gasteiger partial charge in [0.25, 0.3) is 5.17 Å². The van der Waals surface area contributed by atoms with E-state index < -0.39 is 5.60 Å². The Labute approximate surface area is 193 Å². The van der Waals surface area contributed by atoms with Crippen LogP contribution in [0.15, 0.2) is 79.5 Å². The number of nitrogens with one attached hydrogen (secondary N) is 1. The van der Waals surface area contributed by atoms with Gasteiger partial charge >= 0.3 is 0 Å². The number of thiocarbonyl (C=S) groups is 1. The van der Waals surface area contributed by atoms with E-state index in [1.54, 1.807) is 12.3 Å². The second kappa shape index (κ2) is 14.5. The van der Waals surface area contributed by atoms with Crippen LogP contribution in [-0.2, 0) is 5.60 Å². The number of likely N-dealkylation sites (tertiary alicyclic amines) is 1. The zero-order valence-electron chi connectivity index (χ0n) is 19.2. The quantitative estimate of drug-likeness (QED) is 0.482. The molecule has 1 saturated heterocycles. The summed E-state index contributed by atoms with van der Waals surface area (Å²) in [7, 11) is 2.10. The summed E-state index contributed by atoms with van der Waals surface area (Å²) in [6.45, 7) is 11.1. The van der Waals surface area contributed by atoms with E-state index in [0.717, 1.165) is 37.2 Å². The number of allylic oxidation sites excluding steroid dienone is 2. The number of benzene rings is 2. The first-order chi connectivity index (χ1) is 14.8. The fourth-order valence-corrected chi connectivity index (χ4v) is 3.08. The molecule has 2 N–H and O–H groups in total. The van der Waals surface area contributed by atoms with E-state index in [0.29, 0.717) is 5.17 Å². The largest absolute Gasteiger partial charge is 0.432 e. The standard InChI is InChI=1S/C12H17NO.C11H13NOS.C3H6/c1-13-9-7-12(14,8-10-13)11-5-3-2-4-6-11;1-3-8-12-11(14)13-10-6-4-9(2)5-7-10;1-3-2/h2-6,14H,7-10H2,1H3;3-8H,1-2H3,(H,12,14);3H,1H2,2H3/b;8-3+;. The van der Waals surface area contributed by atoms with Crippen LogP contribution in [0.2, 0.25) is 0 Å². The Kier molecular flexibility index (Phi) is 12.4. The van der Waals surface area contributed by atoms with Gasteiger partial charge in [0, 0.05) is 19.3 Å². The van der Waals surface area contributed by atoms with Gasteiger partial charge in [0.2, 0.25) is 0 Å². The lowest BCUT2D eigenvalue weighted by Crippen LogP contribution is -2.40. The first-order valence-corrected chi connectivity index (χ1v) is 10.9. The van der Waals surface area contributed by atoms with Crippen LogP contribution < -0.4 is 10.1 Å². The van der Waals surface area contributed by atoms with Crippen molar-refractivity contribution in [2.24, 2.45) is 0 Å². The number of hydrogen-bond donors (Lipinski definition) is 2. The molecular weight excluding hydrogens is 404 g/mol. The van der Waals surface area contributed by atoms with E-state index in [1.165, 1.54) is 5.56 Å². The molecule has 0 aromatic heterocycles. The third-order valence-electron chi connectivity index (χ3n) is 4.72. The number of aliphatic hydroxyl groups is 1. The van der Waals surface area contributed by atoms with Crippen molar-refractivity contribution in [1.29, 1.82) is 0 Å². The molecule has 4 nitrogen and oxygen atoms in total. The van der Waals surface area contributed by atoms with E-state index in [1.807, 2.05) is 81.4 Å². The highest BCUT2D eigenvalue weighted by atomic mass is 32.1. The van der Waals surface area contributed by atoms with Crippen LogP contribution in [0.5, 0.6) is 5.75 Å². The SMILES string of the molecule is C/C=C/NC(=S)Oc1ccc(C)cc1.C=CC.CN1CCC(O)(c2ccccc2)CC1. The number of ether oxygens (including phenoxy) is 1. The molecule has 0 amide bonds. The minimum Gasteiger partial charge on any atom is -0.432 e. The second-order valence-corrected chi connectivity index (χ2v) is 7.83. The van der Waals surface area contributed by atoms with Crippen LogP contribution in [-0.4, -0.2) is 35.3 Å². The highest BCUT2D eigenvalue weighted by molar-refractivity contribution is 7.80. The molecule has 0 radical (unpaired) electrons. The molecule has 168 valence electrons. The Balaban J connectivity index is 0.000000275. The van der Waals surface area contributed by atoms with Gasteiger partial charge in [-0.2, -0.15) is 0 Å². The smallest absolute Gasteiger partial charge is 0.266 e. The molecule has 0 saturated carbocycles. The molecule has 1 aliphatic heterocycles. The molecular formula is C26H36N2O2S. The van der Waals surface area contributed by atoms with Crippen molar-refractivity contribution in [3.05, 3.63) is 90.7 Å². The molecule has 1 aliphatic rings. The van der Waals surface area contributed by atoms with Gasteiger partial charge in [-0.25, -0.2) is 0 Å². The molecule has 0 bridgehead atoms. The fraction of sp³-hybridized carbons (Fsp3) is 0.346. The molecule has 2 aromatic rings. The molecule has 0 unspecified atom stereocenters. The molecule has 2 aromatic carbocycles. The summed E-state index contributed by atoms with van der Waals surface area (Å²) < 4.78 is 5.34. The average molecular weight is 441 g/mol. The normalized spacial score (nSPS) is 15.0. The van der Waals surface area contributed by atoms with Gasteiger partial charge in [-0.1, -0.05) is 60.2 Å². The van der Waals surface area contributed by atoms with Gasteiger partial charge in [0.15, 0.2) is 0 Å². The zero-order chi connectivity index (χ0) is 23.1. The fourth-order valence-electron chi connectivity index (χ4n) is 2.92. The minimum absolute atomic E-state index is 0.354. The van der Waals surface area contributed by atoms with Crippen molar-refractivity contribution in [2.45, 2.75) is 39.2 Å². The van der Waals surface area contributed by atoms with Crippen LogP contribution in [0.3, 0.4) is 0 Å². The van der Waals surface area contributed by atoms with Gasteiger partial charge in [-0.3, -0.25) is 0 Å². The van der Waals surface area contributed by atoms with Gasteiger partial charge in [-0.15, -0.1) is 6.58 Å². The van der Waals surface area contributed by atoms with Crippen LogP contribution in [0.1, 0.15) is 37.8 Å². The predicted octanol–water partition coefficient (Wildman–Crippen LogP) is 5.57. The number of hydrogen-bond acceptors (Lipinski definition) is 4.